The van der Waals surface area contributed by atoms with Crippen LogP contribution in [0, 0.1) is 13.8 Å². The van der Waals surface area contributed by atoms with E-state index in [0.717, 1.165) is 23.5 Å². The van der Waals surface area contributed by atoms with E-state index in [1.807, 2.05) is 17.7 Å². The van der Waals surface area contributed by atoms with Gasteiger partial charge in [0, 0.05) is 23.2 Å². The molecule has 0 saturated heterocycles. The molecule has 2 atom stereocenters. The zero-order valence-electron chi connectivity index (χ0n) is 16.9. The number of sulfonamides is 1. The first-order chi connectivity index (χ1) is 12.5. The van der Waals surface area contributed by atoms with E-state index < -0.39 is 10.0 Å². The van der Waals surface area contributed by atoms with Gasteiger partial charge >= 0.3 is 0 Å². The monoisotopic (exact) mass is 387 g/mol. The van der Waals surface area contributed by atoms with Crippen LogP contribution in [0.15, 0.2) is 36.4 Å². The highest BCUT2D eigenvalue weighted by molar-refractivity contribution is 7.88. The van der Waals surface area contributed by atoms with Gasteiger partial charge in [-0.25, -0.2) is 17.8 Å². The highest BCUT2D eigenvalue weighted by atomic mass is 32.2. The maximum atomic E-state index is 11.5. The average molecular weight is 388 g/mol. The van der Waals surface area contributed by atoms with Crippen LogP contribution in [-0.2, 0) is 15.4 Å². The molecule has 0 spiro atoms. The fraction of sp³-hybridized carbons (Fsp3) is 0.476. The molecule has 2 unspecified atom stereocenters. The fourth-order valence-electron chi connectivity index (χ4n) is 3.82. The van der Waals surface area contributed by atoms with Gasteiger partial charge in [0.25, 0.3) is 0 Å². The van der Waals surface area contributed by atoms with Gasteiger partial charge in [0.2, 0.25) is 10.0 Å². The van der Waals surface area contributed by atoms with Gasteiger partial charge in [-0.05, 0) is 43.4 Å². The summed E-state index contributed by atoms with van der Waals surface area (Å²) in [6.45, 7) is 10.7. The van der Waals surface area contributed by atoms with Crippen molar-refractivity contribution in [2.75, 3.05) is 6.26 Å². The van der Waals surface area contributed by atoms with Crippen molar-refractivity contribution in [3.8, 4) is 5.69 Å². The predicted octanol–water partition coefficient (Wildman–Crippen LogP) is 3.75. The second-order valence-corrected chi connectivity index (χ2v) is 10.3. The third kappa shape index (κ3) is 4.33. The zero-order chi connectivity index (χ0) is 20.0. The number of rotatable bonds is 4. The van der Waals surface area contributed by atoms with E-state index in [1.165, 1.54) is 17.4 Å². The molecule has 6 heteroatoms. The van der Waals surface area contributed by atoms with E-state index >= 15 is 0 Å². The molecule has 146 valence electrons. The molecule has 0 fully saturated rings. The Balaban J connectivity index is 1.87. The second-order valence-electron chi connectivity index (χ2n) is 8.52. The summed E-state index contributed by atoms with van der Waals surface area (Å²) in [4.78, 5) is 0. The first kappa shape index (κ1) is 19.8. The van der Waals surface area contributed by atoms with Crippen molar-refractivity contribution in [3.05, 3.63) is 58.9 Å². The van der Waals surface area contributed by atoms with Crippen molar-refractivity contribution < 1.29 is 8.42 Å². The normalized spacial score (nSPS) is 20.4. The molecule has 1 N–H and O–H groups in total. The summed E-state index contributed by atoms with van der Waals surface area (Å²) in [6.07, 6.45) is 5.96. The molecule has 5 nitrogen and oxygen atoms in total. The number of aromatic nitrogens is 2. The fourth-order valence-corrected chi connectivity index (χ4v) is 4.55. The third-order valence-electron chi connectivity index (χ3n) is 5.15. The van der Waals surface area contributed by atoms with E-state index in [4.69, 9.17) is 5.10 Å². The molecule has 3 rings (SSSR count). The number of aryl methyl sites for hydroxylation is 1. The van der Waals surface area contributed by atoms with Gasteiger partial charge < -0.3 is 0 Å². The Kier molecular flexibility index (Phi) is 5.08. The summed E-state index contributed by atoms with van der Waals surface area (Å²) in [6, 6.07) is 8.39. The SMILES string of the molecule is Cc1nn(-c2ccc(C(C)(C)C)cc2)c(C)c1C1C=CC(NS(C)(=O)=O)C1. The van der Waals surface area contributed by atoms with Crippen molar-refractivity contribution in [2.24, 2.45) is 0 Å². The summed E-state index contributed by atoms with van der Waals surface area (Å²) < 4.78 is 27.6. The second kappa shape index (κ2) is 6.91. The van der Waals surface area contributed by atoms with Gasteiger partial charge in [-0.3, -0.25) is 0 Å². The molecule has 1 heterocycles. The Morgan fingerprint density at radius 2 is 1.74 bits per heavy atom. The van der Waals surface area contributed by atoms with Crippen LogP contribution in [0.2, 0.25) is 0 Å². The van der Waals surface area contributed by atoms with Crippen LogP contribution in [0.25, 0.3) is 5.69 Å². The minimum Gasteiger partial charge on any atom is -0.238 e. The van der Waals surface area contributed by atoms with Gasteiger partial charge in [-0.1, -0.05) is 45.1 Å². The van der Waals surface area contributed by atoms with Crippen molar-refractivity contribution in [2.45, 2.75) is 58.4 Å². The van der Waals surface area contributed by atoms with Gasteiger partial charge in [-0.15, -0.1) is 0 Å². The zero-order valence-corrected chi connectivity index (χ0v) is 17.8. The minimum atomic E-state index is -3.21. The lowest BCUT2D eigenvalue weighted by atomic mass is 9.87. The van der Waals surface area contributed by atoms with E-state index in [-0.39, 0.29) is 17.4 Å². The molecular formula is C21H29N3O2S. The largest absolute Gasteiger partial charge is 0.238 e. The standard InChI is InChI=1S/C21H29N3O2S/c1-14-20(16-7-10-18(13-16)23-27(6,25)26)15(2)24(22-14)19-11-8-17(9-12-19)21(3,4)5/h7-12,16,18,23H,13H2,1-6H3. The van der Waals surface area contributed by atoms with Crippen molar-refractivity contribution in [3.63, 3.8) is 0 Å². The highest BCUT2D eigenvalue weighted by Gasteiger charge is 2.27. The van der Waals surface area contributed by atoms with Crippen molar-refractivity contribution in [1.29, 1.82) is 0 Å². The molecule has 1 aliphatic rings. The quantitative estimate of drug-likeness (QED) is 0.813. The number of hydrogen-bond acceptors (Lipinski definition) is 3. The van der Waals surface area contributed by atoms with Gasteiger partial charge in [0.05, 0.1) is 17.6 Å². The van der Waals surface area contributed by atoms with Crippen LogP contribution in [0.3, 0.4) is 0 Å². The number of hydrogen-bond donors (Lipinski definition) is 1. The van der Waals surface area contributed by atoms with E-state index in [9.17, 15) is 8.42 Å². The molecule has 0 amide bonds. The summed E-state index contributed by atoms with van der Waals surface area (Å²) in [7, 11) is -3.21. The Hall–Kier alpha value is -1.92. The van der Waals surface area contributed by atoms with Gasteiger partial charge in [0.1, 0.15) is 0 Å². The summed E-state index contributed by atoms with van der Waals surface area (Å²) in [5.74, 6) is 0.173. The molecule has 0 saturated carbocycles. The number of allylic oxidation sites excluding steroid dienone is 1. The van der Waals surface area contributed by atoms with Crippen LogP contribution in [0.4, 0.5) is 0 Å². The average Bonchev–Trinajstić information content (AvgIpc) is 3.09. The van der Waals surface area contributed by atoms with Gasteiger partial charge in [0.15, 0.2) is 0 Å². The third-order valence-corrected chi connectivity index (χ3v) is 5.88. The number of nitrogens with one attached hydrogen (secondary N) is 1. The molecule has 1 aliphatic carbocycles. The molecule has 1 aromatic carbocycles. The molecule has 2 aromatic rings. The first-order valence-electron chi connectivity index (χ1n) is 9.28. The molecule has 0 radical (unpaired) electrons. The predicted molar refractivity (Wildman–Crippen MR) is 110 cm³/mol. The van der Waals surface area contributed by atoms with Crippen LogP contribution in [-0.4, -0.2) is 30.5 Å². The molecule has 0 bridgehead atoms. The summed E-state index contributed by atoms with van der Waals surface area (Å²) in [5.41, 5.74) is 5.73. The van der Waals surface area contributed by atoms with Crippen molar-refractivity contribution in [1.82, 2.24) is 14.5 Å². The van der Waals surface area contributed by atoms with Crippen molar-refractivity contribution >= 4 is 10.0 Å². The van der Waals surface area contributed by atoms with Crippen LogP contribution in [0.5, 0.6) is 0 Å². The maximum absolute atomic E-state index is 11.5. The lowest BCUT2D eigenvalue weighted by molar-refractivity contribution is 0.569. The van der Waals surface area contributed by atoms with E-state index in [0.29, 0.717) is 0 Å². The summed E-state index contributed by atoms with van der Waals surface area (Å²) in [5, 5.41) is 4.76. The molecule has 0 aliphatic heterocycles. The minimum absolute atomic E-state index is 0.120. The Labute approximate surface area is 162 Å². The lowest BCUT2D eigenvalue weighted by Gasteiger charge is -2.19. The Bertz CT molecular complexity index is 964. The topological polar surface area (TPSA) is 64.0 Å². The maximum Gasteiger partial charge on any atom is 0.209 e. The first-order valence-corrected chi connectivity index (χ1v) is 11.2. The Morgan fingerprint density at radius 1 is 1.11 bits per heavy atom. The molecule has 27 heavy (non-hydrogen) atoms. The smallest absolute Gasteiger partial charge is 0.209 e. The van der Waals surface area contributed by atoms with Crippen LogP contribution < -0.4 is 4.72 Å². The highest BCUT2D eigenvalue weighted by Crippen LogP contribution is 2.34. The van der Waals surface area contributed by atoms with E-state index in [1.54, 1.807) is 0 Å². The number of nitrogens with zero attached hydrogens (tertiary/aromatic N) is 2. The lowest BCUT2D eigenvalue weighted by Crippen LogP contribution is -2.31. The number of benzene rings is 1. The van der Waals surface area contributed by atoms with Crippen LogP contribution >= 0.6 is 0 Å². The molecule has 1 aromatic heterocycles. The van der Waals surface area contributed by atoms with Gasteiger partial charge in [-0.2, -0.15) is 5.10 Å². The van der Waals surface area contributed by atoms with E-state index in [2.05, 4.69) is 62.8 Å². The summed E-state index contributed by atoms with van der Waals surface area (Å²) >= 11 is 0. The van der Waals surface area contributed by atoms with Crippen LogP contribution in [0.1, 0.15) is 55.6 Å². The molecular weight excluding hydrogens is 358 g/mol. The Morgan fingerprint density at radius 3 is 2.30 bits per heavy atom.